The van der Waals surface area contributed by atoms with Crippen LogP contribution in [-0.4, -0.2) is 42.3 Å². The van der Waals surface area contributed by atoms with E-state index in [1.54, 1.807) is 0 Å². The highest BCUT2D eigenvalue weighted by atomic mass is 16.6. The SMILES string of the molecule is COc1nc(NCCOCc2ccccc2)nc(OC)c1[N+](=O)[O-]. The van der Waals surface area contributed by atoms with Gasteiger partial charge in [-0.25, -0.2) is 0 Å². The van der Waals surface area contributed by atoms with Crippen LogP contribution >= 0.6 is 0 Å². The van der Waals surface area contributed by atoms with E-state index in [1.807, 2.05) is 30.3 Å². The van der Waals surface area contributed by atoms with Gasteiger partial charge in [0.1, 0.15) is 0 Å². The summed E-state index contributed by atoms with van der Waals surface area (Å²) in [5.74, 6) is -0.170. The maximum atomic E-state index is 11.0. The Labute approximate surface area is 138 Å². The van der Waals surface area contributed by atoms with Gasteiger partial charge in [0.15, 0.2) is 0 Å². The van der Waals surface area contributed by atoms with E-state index >= 15 is 0 Å². The van der Waals surface area contributed by atoms with Crippen molar-refractivity contribution >= 4 is 11.6 Å². The van der Waals surface area contributed by atoms with Crippen LogP contribution in [0.4, 0.5) is 11.6 Å². The van der Waals surface area contributed by atoms with Crippen LogP contribution in [0.2, 0.25) is 0 Å². The zero-order valence-corrected chi connectivity index (χ0v) is 13.4. The maximum absolute atomic E-state index is 11.0. The Morgan fingerprint density at radius 3 is 2.29 bits per heavy atom. The predicted molar refractivity (Wildman–Crippen MR) is 86.4 cm³/mol. The number of hydrogen-bond donors (Lipinski definition) is 1. The van der Waals surface area contributed by atoms with Crippen molar-refractivity contribution in [3.05, 3.63) is 46.0 Å². The van der Waals surface area contributed by atoms with Crippen molar-refractivity contribution in [1.29, 1.82) is 0 Å². The molecule has 0 aliphatic carbocycles. The number of ether oxygens (including phenoxy) is 3. The van der Waals surface area contributed by atoms with Crippen LogP contribution in [0.5, 0.6) is 11.8 Å². The molecule has 0 atom stereocenters. The summed E-state index contributed by atoms with van der Waals surface area (Å²) in [5.41, 5.74) is 0.665. The van der Waals surface area contributed by atoms with Crippen LogP contribution in [0.3, 0.4) is 0 Å². The lowest BCUT2D eigenvalue weighted by Gasteiger charge is -2.09. The third kappa shape index (κ3) is 4.53. The lowest BCUT2D eigenvalue weighted by Crippen LogP contribution is -2.13. The van der Waals surface area contributed by atoms with Gasteiger partial charge in [0.25, 0.3) is 0 Å². The number of rotatable bonds is 9. The molecule has 1 heterocycles. The number of nitrogens with one attached hydrogen (secondary N) is 1. The summed E-state index contributed by atoms with van der Waals surface area (Å²) in [5, 5.41) is 13.9. The summed E-state index contributed by atoms with van der Waals surface area (Å²) in [7, 11) is 2.59. The van der Waals surface area contributed by atoms with E-state index in [2.05, 4.69) is 15.3 Å². The predicted octanol–water partition coefficient (Wildman–Crippen LogP) is 2.03. The minimum absolute atomic E-state index is 0.164. The fraction of sp³-hybridized carbons (Fsp3) is 0.333. The van der Waals surface area contributed by atoms with Crippen molar-refractivity contribution in [2.75, 3.05) is 32.7 Å². The van der Waals surface area contributed by atoms with Gasteiger partial charge in [0.05, 0.1) is 32.4 Å². The highest BCUT2D eigenvalue weighted by molar-refractivity contribution is 5.53. The Morgan fingerprint density at radius 1 is 1.12 bits per heavy atom. The minimum atomic E-state index is -0.648. The third-order valence-corrected chi connectivity index (χ3v) is 3.03. The number of hydrogen-bond acceptors (Lipinski definition) is 8. The van der Waals surface area contributed by atoms with Gasteiger partial charge in [-0.2, -0.15) is 9.97 Å². The average Bonchev–Trinajstić information content (AvgIpc) is 2.61. The number of methoxy groups -OCH3 is 2. The summed E-state index contributed by atoms with van der Waals surface area (Å²) >= 11 is 0. The normalized spacial score (nSPS) is 10.2. The lowest BCUT2D eigenvalue weighted by molar-refractivity contribution is -0.387. The molecule has 2 rings (SSSR count). The lowest BCUT2D eigenvalue weighted by atomic mass is 10.2. The standard InChI is InChI=1S/C15H18N4O5/c1-22-13-12(19(20)21)14(23-2)18-15(17-13)16-8-9-24-10-11-6-4-3-5-7-11/h3-7H,8-10H2,1-2H3,(H,16,17,18). The molecular weight excluding hydrogens is 316 g/mol. The van der Waals surface area contributed by atoms with Crippen LogP contribution in [0.15, 0.2) is 30.3 Å². The van der Waals surface area contributed by atoms with Crippen LogP contribution in [-0.2, 0) is 11.3 Å². The summed E-state index contributed by atoms with van der Waals surface area (Å²) in [6.07, 6.45) is 0. The molecular formula is C15H18N4O5. The first-order valence-electron chi connectivity index (χ1n) is 7.15. The Hall–Kier alpha value is -2.94. The number of nitrogens with zero attached hydrogens (tertiary/aromatic N) is 3. The molecule has 0 spiro atoms. The molecule has 1 aromatic heterocycles. The third-order valence-electron chi connectivity index (χ3n) is 3.03. The molecule has 24 heavy (non-hydrogen) atoms. The van der Waals surface area contributed by atoms with E-state index < -0.39 is 10.6 Å². The summed E-state index contributed by atoms with van der Waals surface area (Å²) in [6, 6.07) is 9.78. The van der Waals surface area contributed by atoms with Gasteiger partial charge in [0.2, 0.25) is 5.95 Å². The topological polar surface area (TPSA) is 109 Å². The highest BCUT2D eigenvalue weighted by Crippen LogP contribution is 2.34. The van der Waals surface area contributed by atoms with Crippen molar-refractivity contribution in [3.63, 3.8) is 0 Å². The molecule has 2 aromatic rings. The molecule has 1 aromatic carbocycles. The second kappa shape index (κ2) is 8.63. The molecule has 9 nitrogen and oxygen atoms in total. The first kappa shape index (κ1) is 17.4. The monoisotopic (exact) mass is 334 g/mol. The molecule has 128 valence electrons. The first-order chi connectivity index (χ1) is 11.7. The van der Waals surface area contributed by atoms with Gasteiger partial charge >= 0.3 is 17.4 Å². The van der Waals surface area contributed by atoms with Crippen molar-refractivity contribution in [2.45, 2.75) is 6.61 Å². The number of aromatic nitrogens is 2. The van der Waals surface area contributed by atoms with E-state index in [-0.39, 0.29) is 17.7 Å². The van der Waals surface area contributed by atoms with E-state index in [4.69, 9.17) is 14.2 Å². The quantitative estimate of drug-likeness (QED) is 0.421. The van der Waals surface area contributed by atoms with Crippen molar-refractivity contribution in [2.24, 2.45) is 0 Å². The summed E-state index contributed by atoms with van der Waals surface area (Å²) in [6.45, 7) is 1.34. The van der Waals surface area contributed by atoms with Crippen LogP contribution in [0.1, 0.15) is 5.56 Å². The molecule has 0 radical (unpaired) electrons. The maximum Gasteiger partial charge on any atom is 0.392 e. The average molecular weight is 334 g/mol. The Morgan fingerprint density at radius 2 is 1.75 bits per heavy atom. The Balaban J connectivity index is 1.91. The number of anilines is 1. The minimum Gasteiger partial charge on any atom is -0.476 e. The van der Waals surface area contributed by atoms with Crippen molar-refractivity contribution in [1.82, 2.24) is 9.97 Å². The number of nitro groups is 1. The molecule has 0 aliphatic heterocycles. The van der Waals surface area contributed by atoms with Gasteiger partial charge in [0, 0.05) is 6.54 Å². The molecule has 0 bridgehead atoms. The fourth-order valence-corrected chi connectivity index (χ4v) is 1.93. The van der Waals surface area contributed by atoms with Gasteiger partial charge in [-0.3, -0.25) is 10.1 Å². The van der Waals surface area contributed by atoms with Gasteiger partial charge in [-0.1, -0.05) is 30.3 Å². The molecule has 0 saturated carbocycles. The summed E-state index contributed by atoms with van der Waals surface area (Å²) < 4.78 is 15.4. The molecule has 0 unspecified atom stereocenters. The molecule has 0 fully saturated rings. The van der Waals surface area contributed by atoms with E-state index in [1.165, 1.54) is 14.2 Å². The van der Waals surface area contributed by atoms with Gasteiger partial charge in [-0.15, -0.1) is 0 Å². The largest absolute Gasteiger partial charge is 0.476 e. The molecule has 9 heteroatoms. The first-order valence-corrected chi connectivity index (χ1v) is 7.15. The van der Waals surface area contributed by atoms with Gasteiger partial charge in [-0.05, 0) is 5.56 Å². The molecule has 0 amide bonds. The second-order valence-electron chi connectivity index (χ2n) is 4.64. The Kier molecular flexibility index (Phi) is 6.26. The Bertz CT molecular complexity index is 656. The van der Waals surface area contributed by atoms with E-state index in [0.717, 1.165) is 5.56 Å². The zero-order chi connectivity index (χ0) is 17.4. The fourth-order valence-electron chi connectivity index (χ4n) is 1.93. The smallest absolute Gasteiger partial charge is 0.392 e. The molecule has 1 N–H and O–H groups in total. The van der Waals surface area contributed by atoms with Gasteiger partial charge < -0.3 is 19.5 Å². The van der Waals surface area contributed by atoms with Crippen LogP contribution < -0.4 is 14.8 Å². The number of benzene rings is 1. The van der Waals surface area contributed by atoms with Crippen molar-refractivity contribution in [3.8, 4) is 11.8 Å². The highest BCUT2D eigenvalue weighted by Gasteiger charge is 2.26. The van der Waals surface area contributed by atoms with Crippen LogP contribution in [0.25, 0.3) is 0 Å². The van der Waals surface area contributed by atoms with Crippen LogP contribution in [0, 0.1) is 10.1 Å². The van der Waals surface area contributed by atoms with E-state index in [0.29, 0.717) is 19.8 Å². The van der Waals surface area contributed by atoms with Crippen molar-refractivity contribution < 1.29 is 19.1 Å². The van der Waals surface area contributed by atoms with E-state index in [9.17, 15) is 10.1 Å². The molecule has 0 aliphatic rings. The zero-order valence-electron chi connectivity index (χ0n) is 13.4. The second-order valence-corrected chi connectivity index (χ2v) is 4.64. The molecule has 0 saturated heterocycles. The summed E-state index contributed by atoms with van der Waals surface area (Å²) in [4.78, 5) is 18.3.